The molecule has 4 nitrogen and oxygen atoms in total. The first-order valence-corrected chi connectivity index (χ1v) is 7.37. The van der Waals surface area contributed by atoms with Crippen LogP contribution in [-0.2, 0) is 6.54 Å². The first-order chi connectivity index (χ1) is 10.7. The minimum atomic E-state index is -0.510. The van der Waals surface area contributed by atoms with Crippen molar-refractivity contribution >= 4 is 0 Å². The summed E-state index contributed by atoms with van der Waals surface area (Å²) in [7, 11) is 1.67. The Kier molecular flexibility index (Phi) is 4.53. The van der Waals surface area contributed by atoms with Crippen LogP contribution >= 0.6 is 0 Å². The number of methoxy groups -OCH3 is 1. The highest BCUT2D eigenvalue weighted by atomic mass is 19.1. The third kappa shape index (κ3) is 3.74. The minimum Gasteiger partial charge on any atom is -0.497 e. The molecule has 22 heavy (non-hydrogen) atoms. The van der Waals surface area contributed by atoms with E-state index in [1.807, 2.05) is 18.2 Å². The van der Waals surface area contributed by atoms with Crippen molar-refractivity contribution in [2.75, 3.05) is 20.2 Å². The molecule has 0 spiro atoms. The normalized spacial score (nSPS) is 18.4. The fourth-order valence-corrected chi connectivity index (χ4v) is 2.69. The number of rotatable bonds is 5. The minimum absolute atomic E-state index is 0.0555. The second-order valence-corrected chi connectivity index (χ2v) is 5.41. The quantitative estimate of drug-likeness (QED) is 0.796. The second kappa shape index (κ2) is 6.75. The molecule has 1 saturated heterocycles. The van der Waals surface area contributed by atoms with Crippen molar-refractivity contribution in [3.05, 3.63) is 54.0 Å². The van der Waals surface area contributed by atoms with E-state index < -0.39 is 5.95 Å². The lowest BCUT2D eigenvalue weighted by atomic mass is 10.2. The zero-order chi connectivity index (χ0) is 15.4. The molecule has 1 aromatic carbocycles. The zero-order valence-electron chi connectivity index (χ0n) is 12.5. The largest absolute Gasteiger partial charge is 0.497 e. The third-order valence-corrected chi connectivity index (χ3v) is 3.75. The molecule has 0 bridgehead atoms. The monoisotopic (exact) mass is 302 g/mol. The fourth-order valence-electron chi connectivity index (χ4n) is 2.69. The van der Waals surface area contributed by atoms with E-state index in [0.29, 0.717) is 5.88 Å². The van der Waals surface area contributed by atoms with Gasteiger partial charge in [0.1, 0.15) is 11.9 Å². The molecule has 0 N–H and O–H groups in total. The Morgan fingerprint density at radius 3 is 2.95 bits per heavy atom. The zero-order valence-corrected chi connectivity index (χ0v) is 12.5. The number of nitrogens with zero attached hydrogens (tertiary/aromatic N) is 2. The van der Waals surface area contributed by atoms with E-state index in [0.717, 1.165) is 31.8 Å². The summed E-state index contributed by atoms with van der Waals surface area (Å²) in [5.41, 5.74) is 1.21. The van der Waals surface area contributed by atoms with E-state index in [9.17, 15) is 4.39 Å². The van der Waals surface area contributed by atoms with Gasteiger partial charge in [0.05, 0.1) is 7.11 Å². The highest BCUT2D eigenvalue weighted by Crippen LogP contribution is 2.20. The van der Waals surface area contributed by atoms with Crippen molar-refractivity contribution in [2.24, 2.45) is 0 Å². The number of hydrogen-bond acceptors (Lipinski definition) is 4. The van der Waals surface area contributed by atoms with E-state index >= 15 is 0 Å². The summed E-state index contributed by atoms with van der Waals surface area (Å²) in [6, 6.07) is 12.7. The van der Waals surface area contributed by atoms with Gasteiger partial charge in [0, 0.05) is 25.7 Å². The summed E-state index contributed by atoms with van der Waals surface area (Å²) in [5, 5.41) is 0. The average molecular weight is 302 g/mol. The smallest absolute Gasteiger partial charge is 0.216 e. The van der Waals surface area contributed by atoms with E-state index in [1.54, 1.807) is 19.2 Å². The fraction of sp³-hybridized carbons (Fsp3) is 0.353. The number of likely N-dealkylation sites (tertiary alicyclic amines) is 1. The standard InChI is InChI=1S/C17H19FN2O2/c1-21-14-5-2-4-13(10-14)11-20-9-8-15(12-20)22-17-7-3-6-16(18)19-17/h2-7,10,15H,8-9,11-12H2,1H3. The maximum absolute atomic E-state index is 13.1. The highest BCUT2D eigenvalue weighted by Gasteiger charge is 2.24. The van der Waals surface area contributed by atoms with Crippen LogP contribution in [-0.4, -0.2) is 36.2 Å². The van der Waals surface area contributed by atoms with Crippen molar-refractivity contribution in [3.63, 3.8) is 0 Å². The molecule has 0 saturated carbocycles. The van der Waals surface area contributed by atoms with Gasteiger partial charge < -0.3 is 9.47 Å². The second-order valence-electron chi connectivity index (χ2n) is 5.41. The molecule has 5 heteroatoms. The van der Waals surface area contributed by atoms with Gasteiger partial charge in [-0.25, -0.2) is 0 Å². The maximum atomic E-state index is 13.1. The molecule has 1 aliphatic rings. The van der Waals surface area contributed by atoms with Gasteiger partial charge in [-0.15, -0.1) is 0 Å². The Labute approximate surface area is 129 Å². The summed E-state index contributed by atoms with van der Waals surface area (Å²) in [4.78, 5) is 6.06. The molecular formula is C17H19FN2O2. The van der Waals surface area contributed by atoms with Gasteiger partial charge in [-0.2, -0.15) is 9.37 Å². The topological polar surface area (TPSA) is 34.6 Å². The number of hydrogen-bond donors (Lipinski definition) is 0. The van der Waals surface area contributed by atoms with Gasteiger partial charge in [-0.05, 0) is 30.2 Å². The van der Waals surface area contributed by atoms with E-state index in [1.165, 1.54) is 11.6 Å². The van der Waals surface area contributed by atoms with E-state index in [-0.39, 0.29) is 6.10 Å². The summed E-state index contributed by atoms with van der Waals surface area (Å²) < 4.78 is 24.1. The molecule has 1 unspecified atom stereocenters. The third-order valence-electron chi connectivity index (χ3n) is 3.75. The first-order valence-electron chi connectivity index (χ1n) is 7.37. The van der Waals surface area contributed by atoms with Gasteiger partial charge in [0.2, 0.25) is 11.8 Å². The molecule has 3 rings (SSSR count). The van der Waals surface area contributed by atoms with Crippen LogP contribution in [0.1, 0.15) is 12.0 Å². The molecular weight excluding hydrogens is 283 g/mol. The molecule has 0 amide bonds. The van der Waals surface area contributed by atoms with Crippen molar-refractivity contribution in [3.8, 4) is 11.6 Å². The number of aromatic nitrogens is 1. The first kappa shape index (κ1) is 14.8. The van der Waals surface area contributed by atoms with Gasteiger partial charge in [-0.1, -0.05) is 18.2 Å². The summed E-state index contributed by atoms with van der Waals surface area (Å²) in [6.07, 6.45) is 0.974. The van der Waals surface area contributed by atoms with E-state index in [4.69, 9.17) is 9.47 Å². The SMILES string of the molecule is COc1cccc(CN2CCC(Oc3cccc(F)n3)C2)c1. The maximum Gasteiger partial charge on any atom is 0.216 e. The number of halogens is 1. The highest BCUT2D eigenvalue weighted by molar-refractivity contribution is 5.28. The summed E-state index contributed by atoms with van der Waals surface area (Å²) in [5.74, 6) is 0.713. The molecule has 0 aliphatic carbocycles. The van der Waals surface area contributed by atoms with Crippen LogP contribution in [0.25, 0.3) is 0 Å². The van der Waals surface area contributed by atoms with Crippen molar-refractivity contribution in [2.45, 2.75) is 19.1 Å². The molecule has 1 atom stereocenters. The predicted octanol–water partition coefficient (Wildman–Crippen LogP) is 2.88. The summed E-state index contributed by atoms with van der Waals surface area (Å²) >= 11 is 0. The molecule has 116 valence electrons. The number of ether oxygens (including phenoxy) is 2. The van der Waals surface area contributed by atoms with Crippen LogP contribution in [0.15, 0.2) is 42.5 Å². The molecule has 1 aliphatic heterocycles. The Morgan fingerprint density at radius 2 is 2.14 bits per heavy atom. The Balaban J connectivity index is 1.55. The lowest BCUT2D eigenvalue weighted by Gasteiger charge is -2.17. The van der Waals surface area contributed by atoms with Crippen LogP contribution in [0.4, 0.5) is 4.39 Å². The average Bonchev–Trinajstić information content (AvgIpc) is 2.94. The Hall–Kier alpha value is -2.14. The lowest BCUT2D eigenvalue weighted by molar-refractivity contribution is 0.189. The van der Waals surface area contributed by atoms with Crippen LogP contribution < -0.4 is 9.47 Å². The van der Waals surface area contributed by atoms with Crippen molar-refractivity contribution < 1.29 is 13.9 Å². The molecule has 1 aromatic heterocycles. The van der Waals surface area contributed by atoms with E-state index in [2.05, 4.69) is 16.0 Å². The van der Waals surface area contributed by atoms with Gasteiger partial charge >= 0.3 is 0 Å². The lowest BCUT2D eigenvalue weighted by Crippen LogP contribution is -2.24. The number of benzene rings is 1. The van der Waals surface area contributed by atoms with Gasteiger partial charge in [0.25, 0.3) is 0 Å². The van der Waals surface area contributed by atoms with Crippen LogP contribution in [0, 0.1) is 5.95 Å². The molecule has 2 heterocycles. The van der Waals surface area contributed by atoms with Crippen molar-refractivity contribution in [1.82, 2.24) is 9.88 Å². The molecule has 2 aromatic rings. The van der Waals surface area contributed by atoms with Crippen molar-refractivity contribution in [1.29, 1.82) is 0 Å². The Morgan fingerprint density at radius 1 is 1.27 bits per heavy atom. The Bertz CT molecular complexity index is 636. The molecule has 0 radical (unpaired) electrons. The van der Waals surface area contributed by atoms with Crippen LogP contribution in [0.3, 0.4) is 0 Å². The van der Waals surface area contributed by atoms with Gasteiger partial charge in [0.15, 0.2) is 0 Å². The number of pyridine rings is 1. The van der Waals surface area contributed by atoms with Gasteiger partial charge in [-0.3, -0.25) is 4.90 Å². The van der Waals surface area contributed by atoms with Crippen LogP contribution in [0.5, 0.6) is 11.6 Å². The predicted molar refractivity (Wildman–Crippen MR) is 81.5 cm³/mol. The molecule has 1 fully saturated rings. The van der Waals surface area contributed by atoms with Crippen LogP contribution in [0.2, 0.25) is 0 Å². The summed E-state index contributed by atoms with van der Waals surface area (Å²) in [6.45, 7) is 2.63.